The Hall–Kier alpha value is -1.82. The van der Waals surface area contributed by atoms with E-state index in [1.807, 2.05) is 0 Å². The molecule has 1 saturated heterocycles. The summed E-state index contributed by atoms with van der Waals surface area (Å²) in [5.41, 5.74) is 0.407. The molecule has 2 amide bonds. The first-order valence-electron chi connectivity index (χ1n) is 4.64. The van der Waals surface area contributed by atoms with E-state index in [2.05, 4.69) is 4.74 Å². The number of benzene rings is 1. The number of ether oxygens (including phenoxy) is 1. The van der Waals surface area contributed by atoms with Gasteiger partial charge in [0.15, 0.2) is 0 Å². The van der Waals surface area contributed by atoms with Crippen molar-refractivity contribution in [2.45, 2.75) is 6.04 Å². The maximum atomic E-state index is 13.0. The van der Waals surface area contributed by atoms with Crippen LogP contribution in [0.25, 0.3) is 0 Å². The number of amides is 2. The molecular formula is C10H7ClFNO4. The third-order valence-electron chi connectivity index (χ3n) is 2.41. The zero-order valence-corrected chi connectivity index (χ0v) is 9.15. The van der Waals surface area contributed by atoms with Gasteiger partial charge in [-0.2, -0.15) is 0 Å². The molecule has 0 bridgehead atoms. The SMILES string of the molecule is O=C(O)N1C(=O)OCC1c1ccc(F)c(Cl)c1. The minimum atomic E-state index is -1.42. The Kier molecular flexibility index (Phi) is 2.89. The van der Waals surface area contributed by atoms with E-state index in [9.17, 15) is 14.0 Å². The summed E-state index contributed by atoms with van der Waals surface area (Å²) in [5.74, 6) is -0.609. The zero-order valence-electron chi connectivity index (χ0n) is 8.39. The van der Waals surface area contributed by atoms with Crippen LogP contribution in [0.3, 0.4) is 0 Å². The molecule has 1 aromatic rings. The van der Waals surface area contributed by atoms with E-state index in [1.54, 1.807) is 0 Å². The van der Waals surface area contributed by atoms with Gasteiger partial charge in [0.2, 0.25) is 0 Å². The van der Waals surface area contributed by atoms with Gasteiger partial charge in [-0.3, -0.25) is 0 Å². The number of rotatable bonds is 1. The first kappa shape index (κ1) is 11.7. The molecule has 0 aromatic heterocycles. The first-order valence-corrected chi connectivity index (χ1v) is 5.02. The van der Waals surface area contributed by atoms with Gasteiger partial charge < -0.3 is 9.84 Å². The quantitative estimate of drug-likeness (QED) is 0.842. The molecule has 1 N–H and O–H groups in total. The molecule has 1 aliphatic heterocycles. The summed E-state index contributed by atoms with van der Waals surface area (Å²) in [5, 5.41) is 8.73. The topological polar surface area (TPSA) is 66.8 Å². The van der Waals surface area contributed by atoms with E-state index in [4.69, 9.17) is 16.7 Å². The Bertz CT molecular complexity index is 493. The average molecular weight is 260 g/mol. The molecule has 7 heteroatoms. The van der Waals surface area contributed by atoms with Crippen LogP contribution in [0, 0.1) is 5.82 Å². The van der Waals surface area contributed by atoms with E-state index in [0.717, 1.165) is 6.07 Å². The first-order chi connectivity index (χ1) is 8.00. The van der Waals surface area contributed by atoms with Crippen LogP contribution in [0.1, 0.15) is 11.6 Å². The molecule has 1 aromatic carbocycles. The summed E-state index contributed by atoms with van der Waals surface area (Å²) in [7, 11) is 0. The number of imide groups is 1. The Morgan fingerprint density at radius 3 is 2.88 bits per heavy atom. The molecule has 90 valence electrons. The van der Waals surface area contributed by atoms with Crippen molar-refractivity contribution in [1.29, 1.82) is 0 Å². The highest BCUT2D eigenvalue weighted by Crippen LogP contribution is 2.30. The van der Waals surface area contributed by atoms with E-state index < -0.39 is 24.0 Å². The number of hydrogen-bond donors (Lipinski definition) is 1. The van der Waals surface area contributed by atoms with Gasteiger partial charge in [0.1, 0.15) is 18.5 Å². The summed E-state index contributed by atoms with van der Waals surface area (Å²) in [6, 6.07) is 2.96. The molecule has 0 aliphatic carbocycles. The minimum Gasteiger partial charge on any atom is -0.465 e. The third-order valence-corrected chi connectivity index (χ3v) is 2.70. The lowest BCUT2D eigenvalue weighted by molar-refractivity contribution is 0.135. The van der Waals surface area contributed by atoms with Crippen molar-refractivity contribution >= 4 is 23.8 Å². The van der Waals surface area contributed by atoms with Crippen molar-refractivity contribution in [2.24, 2.45) is 0 Å². The molecule has 1 atom stereocenters. The normalized spacial score (nSPS) is 19.3. The van der Waals surface area contributed by atoms with Crippen molar-refractivity contribution in [2.75, 3.05) is 6.61 Å². The maximum absolute atomic E-state index is 13.0. The van der Waals surface area contributed by atoms with Gasteiger partial charge in [0.25, 0.3) is 0 Å². The Morgan fingerprint density at radius 1 is 1.59 bits per heavy atom. The second-order valence-electron chi connectivity index (χ2n) is 3.42. The molecule has 0 spiro atoms. The van der Waals surface area contributed by atoms with Gasteiger partial charge in [-0.05, 0) is 17.7 Å². The molecule has 2 rings (SSSR count). The van der Waals surface area contributed by atoms with Gasteiger partial charge >= 0.3 is 12.2 Å². The van der Waals surface area contributed by atoms with E-state index in [0.29, 0.717) is 10.5 Å². The maximum Gasteiger partial charge on any atom is 0.420 e. The van der Waals surface area contributed by atoms with Crippen LogP contribution in [0.4, 0.5) is 14.0 Å². The second-order valence-corrected chi connectivity index (χ2v) is 3.83. The highest BCUT2D eigenvalue weighted by atomic mass is 35.5. The van der Waals surface area contributed by atoms with Gasteiger partial charge in [-0.25, -0.2) is 18.9 Å². The van der Waals surface area contributed by atoms with Crippen LogP contribution in [-0.4, -0.2) is 28.8 Å². The molecular weight excluding hydrogens is 253 g/mol. The highest BCUT2D eigenvalue weighted by molar-refractivity contribution is 6.30. The molecule has 0 radical (unpaired) electrons. The minimum absolute atomic E-state index is 0.104. The monoisotopic (exact) mass is 259 g/mol. The van der Waals surface area contributed by atoms with Crippen molar-refractivity contribution in [3.63, 3.8) is 0 Å². The standard InChI is InChI=1S/C10H7ClFNO4/c11-6-3-5(1-2-7(6)12)8-4-17-10(16)13(8)9(14)15/h1-3,8H,4H2,(H,14,15). The van der Waals surface area contributed by atoms with Crippen molar-refractivity contribution in [1.82, 2.24) is 4.90 Å². The van der Waals surface area contributed by atoms with Crippen LogP contribution in [0.15, 0.2) is 18.2 Å². The van der Waals surface area contributed by atoms with Gasteiger partial charge in [0.05, 0.1) is 5.02 Å². The predicted molar refractivity (Wildman–Crippen MR) is 55.4 cm³/mol. The summed E-state index contributed by atoms with van der Waals surface area (Å²) < 4.78 is 17.6. The summed E-state index contributed by atoms with van der Waals surface area (Å²) in [6.45, 7) is -0.104. The fourth-order valence-corrected chi connectivity index (χ4v) is 1.79. The smallest absolute Gasteiger partial charge is 0.420 e. The van der Waals surface area contributed by atoms with Crippen molar-refractivity contribution in [3.05, 3.63) is 34.6 Å². The summed E-state index contributed by atoms with van der Waals surface area (Å²) in [4.78, 5) is 22.6. The third kappa shape index (κ3) is 2.03. The van der Waals surface area contributed by atoms with Gasteiger partial charge in [-0.1, -0.05) is 17.7 Å². The predicted octanol–water partition coefficient (Wildman–Crippen LogP) is 2.65. The van der Waals surface area contributed by atoms with Crippen LogP contribution >= 0.6 is 11.6 Å². The van der Waals surface area contributed by atoms with Crippen LogP contribution < -0.4 is 0 Å². The van der Waals surface area contributed by atoms with Crippen LogP contribution in [0.5, 0.6) is 0 Å². The summed E-state index contributed by atoms with van der Waals surface area (Å²) in [6.07, 6.45) is -2.36. The number of carboxylic acid groups (broad SMARTS) is 1. The van der Waals surface area contributed by atoms with Crippen molar-refractivity contribution in [3.8, 4) is 0 Å². The largest absolute Gasteiger partial charge is 0.465 e. The number of cyclic esters (lactones) is 1. The lowest BCUT2D eigenvalue weighted by Gasteiger charge is -2.16. The molecule has 0 saturated carbocycles. The van der Waals surface area contributed by atoms with Gasteiger partial charge in [0, 0.05) is 0 Å². The Balaban J connectivity index is 2.36. The van der Waals surface area contributed by atoms with E-state index in [-0.39, 0.29) is 11.6 Å². The average Bonchev–Trinajstić information content (AvgIpc) is 2.64. The molecule has 1 aliphatic rings. The van der Waals surface area contributed by atoms with Crippen LogP contribution in [-0.2, 0) is 4.74 Å². The molecule has 17 heavy (non-hydrogen) atoms. The number of carbonyl (C=O) groups is 2. The van der Waals surface area contributed by atoms with Gasteiger partial charge in [-0.15, -0.1) is 0 Å². The fourth-order valence-electron chi connectivity index (χ4n) is 1.60. The van der Waals surface area contributed by atoms with E-state index in [1.165, 1.54) is 12.1 Å². The molecule has 1 unspecified atom stereocenters. The summed E-state index contributed by atoms with van der Waals surface area (Å²) >= 11 is 5.59. The second kappa shape index (κ2) is 4.21. The Morgan fingerprint density at radius 2 is 2.29 bits per heavy atom. The zero-order chi connectivity index (χ0) is 12.6. The number of hydrogen-bond acceptors (Lipinski definition) is 3. The van der Waals surface area contributed by atoms with Crippen molar-refractivity contribution < 1.29 is 23.8 Å². The van der Waals surface area contributed by atoms with E-state index >= 15 is 0 Å². The number of nitrogens with zero attached hydrogens (tertiary/aromatic N) is 1. The molecule has 1 fully saturated rings. The fraction of sp³-hybridized carbons (Fsp3) is 0.200. The Labute approximate surface area is 100 Å². The lowest BCUT2D eigenvalue weighted by atomic mass is 10.1. The van der Waals surface area contributed by atoms with Crippen LogP contribution in [0.2, 0.25) is 5.02 Å². The molecule has 5 nitrogen and oxygen atoms in total. The number of halogens is 2. The lowest BCUT2D eigenvalue weighted by Crippen LogP contribution is -2.32. The highest BCUT2D eigenvalue weighted by Gasteiger charge is 2.39. The molecule has 1 heterocycles. The number of carbonyl (C=O) groups excluding carboxylic acids is 1.